The van der Waals surface area contributed by atoms with E-state index < -0.39 is 0 Å². The molecule has 1 unspecified atom stereocenters. The number of phenolic OH excluding ortho intramolecular Hbond substituents is 1. The predicted octanol–water partition coefficient (Wildman–Crippen LogP) is 6.07. The van der Waals surface area contributed by atoms with E-state index in [1.54, 1.807) is 39.5 Å². The van der Waals surface area contributed by atoms with Crippen LogP contribution in [0.25, 0.3) is 10.8 Å². The van der Waals surface area contributed by atoms with Gasteiger partial charge in [-0.15, -0.1) is 0 Å². The molecule has 1 N–H and O–H groups in total. The van der Waals surface area contributed by atoms with Crippen molar-refractivity contribution in [1.29, 1.82) is 0 Å². The number of nitrogens with zero attached hydrogens (tertiary/aromatic N) is 2. The molecule has 0 bridgehead atoms. The van der Waals surface area contributed by atoms with Crippen LogP contribution < -0.4 is 19.2 Å². The first-order valence-electron chi connectivity index (χ1n) is 11.2. The Labute approximate surface area is 202 Å². The Morgan fingerprint density at radius 1 is 0.857 bits per heavy atom. The SMILES string of the molecule is COc1ccc(C2CC(c3c(O)ccc4ccccc34)=NN2c2ccc(F)cc2)c(OC)c1OC. The summed E-state index contributed by atoms with van der Waals surface area (Å²) in [4.78, 5) is 0. The monoisotopic (exact) mass is 472 g/mol. The van der Waals surface area contributed by atoms with Crippen LogP contribution >= 0.6 is 0 Å². The Balaban J connectivity index is 1.69. The number of halogens is 1. The van der Waals surface area contributed by atoms with Crippen molar-refractivity contribution in [1.82, 2.24) is 0 Å². The highest BCUT2D eigenvalue weighted by Gasteiger charge is 2.35. The molecule has 4 aromatic rings. The molecule has 6 nitrogen and oxygen atoms in total. The van der Waals surface area contributed by atoms with E-state index in [2.05, 4.69) is 0 Å². The lowest BCUT2D eigenvalue weighted by molar-refractivity contribution is 0.320. The summed E-state index contributed by atoms with van der Waals surface area (Å²) in [5, 5.41) is 19.5. The molecule has 0 radical (unpaired) electrons. The molecule has 1 atom stereocenters. The van der Waals surface area contributed by atoms with Crippen molar-refractivity contribution in [3.8, 4) is 23.0 Å². The second-order valence-electron chi connectivity index (χ2n) is 8.19. The van der Waals surface area contributed by atoms with E-state index in [9.17, 15) is 9.50 Å². The van der Waals surface area contributed by atoms with E-state index in [1.165, 1.54) is 12.1 Å². The lowest BCUT2D eigenvalue weighted by atomic mass is 9.93. The highest BCUT2D eigenvalue weighted by atomic mass is 19.1. The van der Waals surface area contributed by atoms with Crippen molar-refractivity contribution in [2.75, 3.05) is 26.3 Å². The number of benzene rings is 4. The second kappa shape index (κ2) is 9.18. The number of hydrazone groups is 1. The minimum atomic E-state index is -0.330. The van der Waals surface area contributed by atoms with Gasteiger partial charge in [0.25, 0.3) is 0 Å². The zero-order valence-electron chi connectivity index (χ0n) is 19.7. The number of aromatic hydroxyl groups is 1. The standard InChI is InChI=1S/C28H25FN2O4/c1-33-25-15-13-21(27(34-2)28(25)35-3)23-16-22(30-31(23)19-11-9-18(29)10-12-19)26-20-7-5-4-6-17(20)8-14-24(26)32/h4-15,23,32H,16H2,1-3H3. The molecule has 1 aliphatic rings. The van der Waals surface area contributed by atoms with Crippen molar-refractivity contribution < 1.29 is 23.7 Å². The Morgan fingerprint density at radius 3 is 2.31 bits per heavy atom. The summed E-state index contributed by atoms with van der Waals surface area (Å²) in [6.07, 6.45) is 0.477. The van der Waals surface area contributed by atoms with Crippen LogP contribution in [0, 0.1) is 5.82 Å². The fraction of sp³-hybridized carbons (Fsp3) is 0.179. The van der Waals surface area contributed by atoms with E-state index in [0.29, 0.717) is 40.6 Å². The Morgan fingerprint density at radius 2 is 1.60 bits per heavy atom. The summed E-state index contributed by atoms with van der Waals surface area (Å²) in [5.74, 6) is 1.38. The van der Waals surface area contributed by atoms with Crippen LogP contribution in [0.4, 0.5) is 10.1 Å². The van der Waals surface area contributed by atoms with Gasteiger partial charge < -0.3 is 19.3 Å². The van der Waals surface area contributed by atoms with Gasteiger partial charge in [-0.2, -0.15) is 5.10 Å². The van der Waals surface area contributed by atoms with Crippen LogP contribution in [0.5, 0.6) is 23.0 Å². The number of phenols is 1. The average molecular weight is 473 g/mol. The molecule has 1 heterocycles. The summed E-state index contributed by atoms with van der Waals surface area (Å²) >= 11 is 0. The first kappa shape index (κ1) is 22.5. The van der Waals surface area contributed by atoms with Gasteiger partial charge in [0.1, 0.15) is 11.6 Å². The van der Waals surface area contributed by atoms with Crippen LogP contribution in [0.1, 0.15) is 23.6 Å². The number of rotatable bonds is 6. The van der Waals surface area contributed by atoms with Crippen molar-refractivity contribution >= 4 is 22.2 Å². The van der Waals surface area contributed by atoms with Gasteiger partial charge in [-0.25, -0.2) is 4.39 Å². The zero-order chi connectivity index (χ0) is 24.5. The van der Waals surface area contributed by atoms with Crippen molar-refractivity contribution in [3.63, 3.8) is 0 Å². The van der Waals surface area contributed by atoms with Gasteiger partial charge in [0.05, 0.1) is 38.8 Å². The predicted molar refractivity (Wildman–Crippen MR) is 134 cm³/mol. The number of hydrogen-bond donors (Lipinski definition) is 1. The first-order valence-corrected chi connectivity index (χ1v) is 11.2. The zero-order valence-corrected chi connectivity index (χ0v) is 19.7. The third-order valence-electron chi connectivity index (χ3n) is 6.29. The normalized spacial score (nSPS) is 15.3. The molecule has 1 aliphatic heterocycles. The lowest BCUT2D eigenvalue weighted by Gasteiger charge is -2.26. The van der Waals surface area contributed by atoms with Crippen molar-refractivity contribution in [3.05, 3.63) is 89.7 Å². The number of anilines is 1. The Hall–Kier alpha value is -4.26. The average Bonchev–Trinajstić information content (AvgIpc) is 3.32. The maximum absolute atomic E-state index is 13.7. The molecule has 0 saturated carbocycles. The second-order valence-corrected chi connectivity index (χ2v) is 8.19. The van der Waals surface area contributed by atoms with E-state index in [4.69, 9.17) is 19.3 Å². The number of hydrogen-bond acceptors (Lipinski definition) is 6. The lowest BCUT2D eigenvalue weighted by Crippen LogP contribution is -2.19. The summed E-state index contributed by atoms with van der Waals surface area (Å²) in [5.41, 5.74) is 2.93. The third kappa shape index (κ3) is 3.89. The molecule has 0 saturated heterocycles. The maximum Gasteiger partial charge on any atom is 0.203 e. The number of fused-ring (bicyclic) bond motifs is 1. The molecular weight excluding hydrogens is 447 g/mol. The van der Waals surface area contributed by atoms with Gasteiger partial charge in [0.2, 0.25) is 5.75 Å². The third-order valence-corrected chi connectivity index (χ3v) is 6.29. The number of methoxy groups -OCH3 is 3. The molecule has 0 spiro atoms. The minimum Gasteiger partial charge on any atom is -0.507 e. The largest absolute Gasteiger partial charge is 0.507 e. The molecule has 35 heavy (non-hydrogen) atoms. The summed E-state index contributed by atoms with van der Waals surface area (Å²) < 4.78 is 30.6. The summed E-state index contributed by atoms with van der Waals surface area (Å²) in [7, 11) is 4.71. The number of ether oxygens (including phenoxy) is 3. The Kier molecular flexibility index (Phi) is 5.91. The van der Waals surface area contributed by atoms with Gasteiger partial charge in [0.15, 0.2) is 11.5 Å². The molecule has 0 fully saturated rings. The molecule has 4 aromatic carbocycles. The molecule has 0 aliphatic carbocycles. The quantitative estimate of drug-likeness (QED) is 0.369. The summed E-state index contributed by atoms with van der Waals surface area (Å²) in [6, 6.07) is 21.1. The first-order chi connectivity index (χ1) is 17.0. The fourth-order valence-electron chi connectivity index (χ4n) is 4.69. The van der Waals surface area contributed by atoms with Crippen LogP contribution in [0.15, 0.2) is 77.9 Å². The van der Waals surface area contributed by atoms with Crippen LogP contribution in [0.2, 0.25) is 0 Å². The van der Waals surface area contributed by atoms with Crippen LogP contribution in [0.3, 0.4) is 0 Å². The van der Waals surface area contributed by atoms with Crippen LogP contribution in [-0.4, -0.2) is 32.1 Å². The smallest absolute Gasteiger partial charge is 0.203 e. The summed E-state index contributed by atoms with van der Waals surface area (Å²) in [6.45, 7) is 0. The highest BCUT2D eigenvalue weighted by molar-refractivity contribution is 6.14. The van der Waals surface area contributed by atoms with Gasteiger partial charge in [-0.1, -0.05) is 30.3 Å². The molecule has 0 aromatic heterocycles. The Bertz CT molecular complexity index is 1420. The minimum absolute atomic E-state index is 0.154. The highest BCUT2D eigenvalue weighted by Crippen LogP contribution is 2.48. The van der Waals surface area contributed by atoms with Crippen molar-refractivity contribution in [2.24, 2.45) is 5.10 Å². The molecule has 5 rings (SSSR count). The van der Waals surface area contributed by atoms with Gasteiger partial charge in [-0.05, 0) is 53.2 Å². The van der Waals surface area contributed by atoms with Crippen molar-refractivity contribution in [2.45, 2.75) is 12.5 Å². The topological polar surface area (TPSA) is 63.5 Å². The van der Waals surface area contributed by atoms with E-state index >= 15 is 0 Å². The van der Waals surface area contributed by atoms with Gasteiger partial charge in [0, 0.05) is 17.5 Å². The van der Waals surface area contributed by atoms with E-state index in [1.807, 2.05) is 47.5 Å². The van der Waals surface area contributed by atoms with E-state index in [0.717, 1.165) is 16.3 Å². The van der Waals surface area contributed by atoms with E-state index in [-0.39, 0.29) is 17.6 Å². The molecular formula is C28H25FN2O4. The molecule has 178 valence electrons. The van der Waals surface area contributed by atoms with Crippen LogP contribution in [-0.2, 0) is 0 Å². The molecule has 0 amide bonds. The maximum atomic E-state index is 13.7. The fourth-order valence-corrected chi connectivity index (χ4v) is 4.69. The van der Waals surface area contributed by atoms with Gasteiger partial charge >= 0.3 is 0 Å². The van der Waals surface area contributed by atoms with Gasteiger partial charge in [-0.3, -0.25) is 5.01 Å². The molecule has 7 heteroatoms.